The van der Waals surface area contributed by atoms with E-state index in [-0.39, 0.29) is 23.6 Å². The second-order valence-corrected chi connectivity index (χ2v) is 8.73. The van der Waals surface area contributed by atoms with Crippen molar-refractivity contribution in [3.05, 3.63) is 94.1 Å². The minimum atomic E-state index is -0.895. The summed E-state index contributed by atoms with van der Waals surface area (Å²) in [7, 11) is 0. The minimum absolute atomic E-state index is 0.0628. The first kappa shape index (κ1) is 25.6. The second kappa shape index (κ2) is 11.5. The summed E-state index contributed by atoms with van der Waals surface area (Å²) in [5.74, 6) is -1.31. The Morgan fingerprint density at radius 3 is 2.59 bits per heavy atom. The van der Waals surface area contributed by atoms with Gasteiger partial charge in [-0.25, -0.2) is 4.98 Å². The van der Waals surface area contributed by atoms with Crippen molar-refractivity contribution in [2.45, 2.75) is 38.8 Å². The number of aliphatic hydroxyl groups excluding tert-OH is 1. The molecule has 1 unspecified atom stereocenters. The number of imidazole rings is 1. The maximum absolute atomic E-state index is 13.2. The molecular weight excluding hydrogens is 476 g/mol. The molecular formula is C27H28N4O6. The van der Waals surface area contributed by atoms with Crippen LogP contribution in [0.25, 0.3) is 5.76 Å². The first-order valence-electron chi connectivity index (χ1n) is 12.1. The van der Waals surface area contributed by atoms with E-state index in [2.05, 4.69) is 11.9 Å². The summed E-state index contributed by atoms with van der Waals surface area (Å²) in [4.78, 5) is 42.4. The molecule has 0 bridgehead atoms. The SMILES string of the molecule is CCCCOc1cccc(/C(O)=C2\C(=O)C(=O)N(CCCn3ccnc3)C2c2ccc([N+](=O)[O-])cc2)c1. The number of ether oxygens (including phenoxy) is 1. The number of hydrogen-bond donors (Lipinski definition) is 1. The van der Waals surface area contributed by atoms with E-state index in [0.29, 0.717) is 36.4 Å². The lowest BCUT2D eigenvalue weighted by Gasteiger charge is -2.25. The number of carbonyl (C=O) groups is 2. The lowest BCUT2D eigenvalue weighted by Crippen LogP contribution is -2.31. The highest BCUT2D eigenvalue weighted by molar-refractivity contribution is 6.46. The van der Waals surface area contributed by atoms with Crippen molar-refractivity contribution in [3.63, 3.8) is 0 Å². The van der Waals surface area contributed by atoms with Crippen LogP contribution >= 0.6 is 0 Å². The number of aromatic nitrogens is 2. The highest BCUT2D eigenvalue weighted by Gasteiger charge is 2.45. The van der Waals surface area contributed by atoms with Crippen molar-refractivity contribution in [1.82, 2.24) is 14.5 Å². The van der Waals surface area contributed by atoms with Crippen LogP contribution in [0, 0.1) is 10.1 Å². The zero-order valence-corrected chi connectivity index (χ0v) is 20.4. The van der Waals surface area contributed by atoms with Gasteiger partial charge in [0.2, 0.25) is 0 Å². The Labute approximate surface area is 214 Å². The number of aryl methyl sites for hydroxylation is 1. The number of carbonyl (C=O) groups excluding carboxylic acids is 2. The van der Waals surface area contributed by atoms with Crippen LogP contribution < -0.4 is 4.74 Å². The number of hydrogen-bond acceptors (Lipinski definition) is 7. The molecule has 0 spiro atoms. The molecule has 1 aliphatic heterocycles. The molecule has 1 atom stereocenters. The first-order valence-corrected chi connectivity index (χ1v) is 12.1. The topological polar surface area (TPSA) is 128 Å². The van der Waals surface area contributed by atoms with Crippen LogP contribution in [0.4, 0.5) is 5.69 Å². The van der Waals surface area contributed by atoms with Crippen LogP contribution in [0.15, 0.2) is 72.8 Å². The van der Waals surface area contributed by atoms with Gasteiger partial charge in [0.1, 0.15) is 11.5 Å². The van der Waals surface area contributed by atoms with Crippen molar-refractivity contribution in [1.29, 1.82) is 0 Å². The molecule has 10 heteroatoms. The number of ketones is 1. The third-order valence-corrected chi connectivity index (χ3v) is 6.21. The van der Waals surface area contributed by atoms with Crippen LogP contribution in [-0.2, 0) is 16.1 Å². The summed E-state index contributed by atoms with van der Waals surface area (Å²) in [6.45, 7) is 3.39. The number of nitro benzene ring substituents is 1. The third-order valence-electron chi connectivity index (χ3n) is 6.21. The first-order chi connectivity index (χ1) is 17.9. The summed E-state index contributed by atoms with van der Waals surface area (Å²) in [6, 6.07) is 11.5. The fourth-order valence-electron chi connectivity index (χ4n) is 4.30. The Balaban J connectivity index is 1.71. The summed E-state index contributed by atoms with van der Waals surface area (Å²) in [5, 5.41) is 22.4. The van der Waals surface area contributed by atoms with Crippen LogP contribution in [0.3, 0.4) is 0 Å². The van der Waals surface area contributed by atoms with Crippen molar-refractivity contribution < 1.29 is 24.4 Å². The van der Waals surface area contributed by atoms with E-state index in [1.54, 1.807) is 43.0 Å². The monoisotopic (exact) mass is 504 g/mol. The standard InChI is InChI=1S/C27H28N4O6/c1-2-3-16-37-22-7-4-6-20(17-22)25(32)23-24(19-8-10-21(11-9-19)31(35)36)30(27(34)26(23)33)14-5-13-29-15-12-28-18-29/h4,6-12,15,17-18,24,32H,2-3,5,13-14,16H2,1H3/b25-23+. The Morgan fingerprint density at radius 1 is 1.14 bits per heavy atom. The average molecular weight is 505 g/mol. The van der Waals surface area contributed by atoms with Crippen molar-refractivity contribution in [2.24, 2.45) is 0 Å². The summed E-state index contributed by atoms with van der Waals surface area (Å²) in [6.07, 6.45) is 7.51. The van der Waals surface area contributed by atoms with Gasteiger partial charge in [0.25, 0.3) is 17.4 Å². The Morgan fingerprint density at radius 2 is 1.92 bits per heavy atom. The molecule has 0 saturated carbocycles. The van der Waals surface area contributed by atoms with Crippen molar-refractivity contribution >= 4 is 23.1 Å². The Hall–Kier alpha value is -4.47. The van der Waals surface area contributed by atoms with Gasteiger partial charge < -0.3 is 19.3 Å². The van der Waals surface area contributed by atoms with E-state index in [4.69, 9.17) is 4.74 Å². The quantitative estimate of drug-likeness (QED) is 0.102. The summed E-state index contributed by atoms with van der Waals surface area (Å²) in [5.41, 5.74) is 0.659. The van der Waals surface area contributed by atoms with Gasteiger partial charge in [0.15, 0.2) is 0 Å². The third kappa shape index (κ3) is 5.69. The maximum atomic E-state index is 13.2. The molecule has 3 aromatic rings. The average Bonchev–Trinajstić information content (AvgIpc) is 3.51. The highest BCUT2D eigenvalue weighted by atomic mass is 16.6. The van der Waals surface area contributed by atoms with Gasteiger partial charge in [-0.05, 0) is 42.7 Å². The van der Waals surface area contributed by atoms with E-state index in [0.717, 1.165) is 12.8 Å². The Bertz CT molecular complexity index is 1300. The second-order valence-electron chi connectivity index (χ2n) is 8.73. The summed E-state index contributed by atoms with van der Waals surface area (Å²) >= 11 is 0. The summed E-state index contributed by atoms with van der Waals surface area (Å²) < 4.78 is 7.60. The molecule has 1 aliphatic rings. The fourth-order valence-corrected chi connectivity index (χ4v) is 4.30. The van der Waals surface area contributed by atoms with Crippen LogP contribution in [-0.4, -0.2) is 49.3 Å². The number of benzene rings is 2. The fraction of sp³-hybridized carbons (Fsp3) is 0.296. The molecule has 1 N–H and O–H groups in total. The largest absolute Gasteiger partial charge is 0.507 e. The number of Topliss-reactive ketones (excluding diaryl/α,β-unsaturated/α-hetero) is 1. The molecule has 4 rings (SSSR count). The highest BCUT2D eigenvalue weighted by Crippen LogP contribution is 2.40. The van der Waals surface area contributed by atoms with Crippen LogP contribution in [0.2, 0.25) is 0 Å². The van der Waals surface area contributed by atoms with Crippen LogP contribution in [0.1, 0.15) is 43.4 Å². The van der Waals surface area contributed by atoms with Gasteiger partial charge >= 0.3 is 0 Å². The number of nitrogens with zero attached hydrogens (tertiary/aromatic N) is 4. The number of non-ortho nitro benzene ring substituents is 1. The van der Waals surface area contributed by atoms with Gasteiger partial charge in [-0.15, -0.1) is 0 Å². The van der Waals surface area contributed by atoms with E-state index in [1.165, 1.54) is 29.2 Å². The van der Waals surface area contributed by atoms with Gasteiger partial charge in [-0.2, -0.15) is 0 Å². The molecule has 192 valence electrons. The number of amides is 1. The number of unbranched alkanes of at least 4 members (excludes halogenated alkanes) is 1. The number of aliphatic hydroxyl groups is 1. The zero-order chi connectivity index (χ0) is 26.4. The number of likely N-dealkylation sites (tertiary alicyclic amines) is 1. The molecule has 1 fully saturated rings. The van der Waals surface area contributed by atoms with E-state index in [9.17, 15) is 24.8 Å². The Kier molecular flexibility index (Phi) is 7.97. The normalized spacial score (nSPS) is 16.8. The van der Waals surface area contributed by atoms with E-state index in [1.807, 2.05) is 4.57 Å². The smallest absolute Gasteiger partial charge is 0.295 e. The molecule has 2 heterocycles. The predicted octanol–water partition coefficient (Wildman–Crippen LogP) is 4.48. The molecule has 1 aromatic heterocycles. The van der Waals surface area contributed by atoms with Crippen LogP contribution in [0.5, 0.6) is 5.75 Å². The molecule has 2 aromatic carbocycles. The minimum Gasteiger partial charge on any atom is -0.507 e. The van der Waals surface area contributed by atoms with Gasteiger partial charge in [-0.1, -0.05) is 25.5 Å². The molecule has 37 heavy (non-hydrogen) atoms. The van der Waals surface area contributed by atoms with Crippen molar-refractivity contribution in [2.75, 3.05) is 13.2 Å². The number of nitro groups is 1. The van der Waals surface area contributed by atoms with E-state index < -0.39 is 22.7 Å². The molecule has 0 aliphatic carbocycles. The molecule has 0 radical (unpaired) electrons. The molecule has 1 saturated heterocycles. The predicted molar refractivity (Wildman–Crippen MR) is 136 cm³/mol. The van der Waals surface area contributed by atoms with Crippen molar-refractivity contribution in [3.8, 4) is 5.75 Å². The molecule has 1 amide bonds. The lowest BCUT2D eigenvalue weighted by molar-refractivity contribution is -0.384. The lowest BCUT2D eigenvalue weighted by atomic mass is 9.95. The van der Waals surface area contributed by atoms with Gasteiger partial charge in [0.05, 0.1) is 29.5 Å². The van der Waals surface area contributed by atoms with Gasteiger partial charge in [0, 0.05) is 43.2 Å². The number of rotatable bonds is 11. The zero-order valence-electron chi connectivity index (χ0n) is 20.4. The van der Waals surface area contributed by atoms with E-state index >= 15 is 0 Å². The molecule has 10 nitrogen and oxygen atoms in total. The van der Waals surface area contributed by atoms with Gasteiger partial charge in [-0.3, -0.25) is 19.7 Å². The maximum Gasteiger partial charge on any atom is 0.295 e.